The maximum absolute atomic E-state index is 11.7. The summed E-state index contributed by atoms with van der Waals surface area (Å²) in [7, 11) is 0. The molecule has 1 atom stereocenters. The number of benzene rings is 1. The number of carbonyl (C=O) groups excluding carboxylic acids is 1. The van der Waals surface area contributed by atoms with E-state index in [9.17, 15) is 4.79 Å². The maximum Gasteiger partial charge on any atom is 0.234 e. The van der Waals surface area contributed by atoms with Crippen molar-refractivity contribution in [2.24, 2.45) is 0 Å². The quantitative estimate of drug-likeness (QED) is 0.684. The topological polar surface area (TPSA) is 68.2 Å². The zero-order valence-electron chi connectivity index (χ0n) is 13.0. The van der Waals surface area contributed by atoms with Crippen LogP contribution in [0.5, 0.6) is 5.75 Å². The lowest BCUT2D eigenvalue weighted by Gasteiger charge is -2.14. The van der Waals surface area contributed by atoms with E-state index < -0.39 is 0 Å². The SMILES string of the molecule is C[C@@H](Cn1cccn1)NCC(=O)NCCOc1ccc(Cl)cc1. The predicted molar refractivity (Wildman–Crippen MR) is 89.6 cm³/mol. The molecule has 6 nitrogen and oxygen atoms in total. The van der Waals surface area contributed by atoms with E-state index in [1.54, 1.807) is 30.5 Å². The first-order valence-corrected chi connectivity index (χ1v) is 7.87. The number of nitrogens with one attached hydrogen (secondary N) is 2. The Morgan fingerprint density at radius 1 is 1.39 bits per heavy atom. The van der Waals surface area contributed by atoms with Crippen molar-refractivity contribution in [2.45, 2.75) is 19.5 Å². The van der Waals surface area contributed by atoms with Crippen molar-refractivity contribution in [3.05, 3.63) is 47.7 Å². The Balaban J connectivity index is 1.55. The fourth-order valence-electron chi connectivity index (χ4n) is 1.97. The number of halogens is 1. The first-order valence-electron chi connectivity index (χ1n) is 7.49. The van der Waals surface area contributed by atoms with Crippen LogP contribution >= 0.6 is 11.6 Å². The molecule has 0 aliphatic rings. The zero-order chi connectivity index (χ0) is 16.5. The van der Waals surface area contributed by atoms with E-state index in [1.165, 1.54) is 0 Å². The lowest BCUT2D eigenvalue weighted by molar-refractivity contribution is -0.120. The molecule has 2 rings (SSSR count). The fourth-order valence-corrected chi connectivity index (χ4v) is 2.10. The molecule has 1 amide bonds. The molecular formula is C16H21ClN4O2. The van der Waals surface area contributed by atoms with E-state index >= 15 is 0 Å². The molecule has 0 fully saturated rings. The lowest BCUT2D eigenvalue weighted by atomic mass is 10.3. The van der Waals surface area contributed by atoms with E-state index in [-0.39, 0.29) is 18.5 Å². The van der Waals surface area contributed by atoms with E-state index in [1.807, 2.05) is 23.9 Å². The number of hydrogen-bond donors (Lipinski definition) is 2. The molecule has 2 N–H and O–H groups in total. The molecule has 1 heterocycles. The van der Waals surface area contributed by atoms with Gasteiger partial charge in [0.1, 0.15) is 12.4 Å². The highest BCUT2D eigenvalue weighted by Gasteiger charge is 2.06. The summed E-state index contributed by atoms with van der Waals surface area (Å²) >= 11 is 5.79. The molecule has 0 aliphatic carbocycles. The smallest absolute Gasteiger partial charge is 0.234 e. The second-order valence-corrected chi connectivity index (χ2v) is 5.60. The number of hydrogen-bond acceptors (Lipinski definition) is 4. The van der Waals surface area contributed by atoms with E-state index in [0.717, 1.165) is 12.3 Å². The monoisotopic (exact) mass is 336 g/mol. The zero-order valence-corrected chi connectivity index (χ0v) is 13.8. The van der Waals surface area contributed by atoms with E-state index in [4.69, 9.17) is 16.3 Å². The number of rotatable bonds is 9. The van der Waals surface area contributed by atoms with Crippen molar-refractivity contribution in [3.63, 3.8) is 0 Å². The van der Waals surface area contributed by atoms with Gasteiger partial charge >= 0.3 is 0 Å². The van der Waals surface area contributed by atoms with Gasteiger partial charge in [0.2, 0.25) is 5.91 Å². The molecule has 1 aromatic heterocycles. The molecule has 0 saturated heterocycles. The average Bonchev–Trinajstić information content (AvgIpc) is 3.04. The normalized spacial score (nSPS) is 11.9. The largest absolute Gasteiger partial charge is 0.492 e. The number of amides is 1. The third kappa shape index (κ3) is 6.71. The molecule has 0 spiro atoms. The van der Waals surface area contributed by atoms with Gasteiger partial charge < -0.3 is 15.4 Å². The van der Waals surface area contributed by atoms with Crippen LogP contribution in [-0.2, 0) is 11.3 Å². The highest BCUT2D eigenvalue weighted by Crippen LogP contribution is 2.14. The van der Waals surface area contributed by atoms with Crippen LogP contribution in [0.1, 0.15) is 6.92 Å². The number of carbonyl (C=O) groups is 1. The van der Waals surface area contributed by atoms with Crippen LogP contribution in [0.25, 0.3) is 0 Å². The van der Waals surface area contributed by atoms with Crippen molar-refractivity contribution >= 4 is 17.5 Å². The Labute approximate surface area is 140 Å². The summed E-state index contributed by atoms with van der Waals surface area (Å²) < 4.78 is 7.33. The van der Waals surface area contributed by atoms with Gasteiger partial charge in [0.25, 0.3) is 0 Å². The highest BCUT2D eigenvalue weighted by molar-refractivity contribution is 6.30. The summed E-state index contributed by atoms with van der Waals surface area (Å²) in [4.78, 5) is 11.7. The van der Waals surface area contributed by atoms with Crippen molar-refractivity contribution in [3.8, 4) is 5.75 Å². The Morgan fingerprint density at radius 2 is 2.17 bits per heavy atom. The van der Waals surface area contributed by atoms with Crippen LogP contribution < -0.4 is 15.4 Å². The summed E-state index contributed by atoms with van der Waals surface area (Å²) in [6.45, 7) is 3.87. The van der Waals surface area contributed by atoms with Gasteiger partial charge in [-0.05, 0) is 37.3 Å². The summed E-state index contributed by atoms with van der Waals surface area (Å²) in [6, 6.07) is 9.15. The maximum atomic E-state index is 11.7. The second-order valence-electron chi connectivity index (χ2n) is 5.16. The van der Waals surface area contributed by atoms with Crippen molar-refractivity contribution in [2.75, 3.05) is 19.7 Å². The minimum Gasteiger partial charge on any atom is -0.492 e. The van der Waals surface area contributed by atoms with Crippen LogP contribution in [0.15, 0.2) is 42.7 Å². The standard InChI is InChI=1S/C16H21ClN4O2/c1-13(12-21-9-2-7-20-21)19-11-16(22)18-8-10-23-15-5-3-14(17)4-6-15/h2-7,9,13,19H,8,10-12H2,1H3,(H,18,22)/t13-/m0/s1. The molecule has 2 aromatic rings. The second kappa shape index (κ2) is 9.17. The molecule has 23 heavy (non-hydrogen) atoms. The van der Waals surface area contributed by atoms with Crippen LogP contribution in [-0.4, -0.2) is 41.4 Å². The Bertz CT molecular complexity index is 587. The molecule has 1 aromatic carbocycles. The van der Waals surface area contributed by atoms with Crippen LogP contribution in [0, 0.1) is 0 Å². The molecule has 0 bridgehead atoms. The summed E-state index contributed by atoms with van der Waals surface area (Å²) in [5.74, 6) is 0.673. The molecule has 0 unspecified atom stereocenters. The number of nitrogens with zero attached hydrogens (tertiary/aromatic N) is 2. The third-order valence-corrected chi connectivity index (χ3v) is 3.39. The van der Waals surface area contributed by atoms with E-state index in [0.29, 0.717) is 18.2 Å². The number of aromatic nitrogens is 2. The van der Waals surface area contributed by atoms with Gasteiger partial charge in [-0.25, -0.2) is 0 Å². The van der Waals surface area contributed by atoms with Gasteiger partial charge in [-0.1, -0.05) is 11.6 Å². The van der Waals surface area contributed by atoms with Gasteiger partial charge in [0.15, 0.2) is 0 Å². The van der Waals surface area contributed by atoms with Gasteiger partial charge in [-0.15, -0.1) is 0 Å². The van der Waals surface area contributed by atoms with E-state index in [2.05, 4.69) is 15.7 Å². The molecule has 0 saturated carbocycles. The Hall–Kier alpha value is -2.05. The van der Waals surface area contributed by atoms with Crippen LogP contribution in [0.2, 0.25) is 5.02 Å². The molecular weight excluding hydrogens is 316 g/mol. The van der Waals surface area contributed by atoms with Crippen molar-refractivity contribution in [1.82, 2.24) is 20.4 Å². The Kier molecular flexibility index (Phi) is 6.90. The Morgan fingerprint density at radius 3 is 2.87 bits per heavy atom. The molecule has 7 heteroatoms. The van der Waals surface area contributed by atoms with Crippen LogP contribution in [0.4, 0.5) is 0 Å². The third-order valence-electron chi connectivity index (χ3n) is 3.14. The summed E-state index contributed by atoms with van der Waals surface area (Å²) in [6.07, 6.45) is 3.63. The van der Waals surface area contributed by atoms with Gasteiger partial charge in [0.05, 0.1) is 19.6 Å². The summed E-state index contributed by atoms with van der Waals surface area (Å²) in [5, 5.41) is 10.8. The van der Waals surface area contributed by atoms with Gasteiger partial charge in [-0.3, -0.25) is 9.48 Å². The summed E-state index contributed by atoms with van der Waals surface area (Å²) in [5.41, 5.74) is 0. The molecule has 0 radical (unpaired) electrons. The number of ether oxygens (including phenoxy) is 1. The predicted octanol–water partition coefficient (Wildman–Crippen LogP) is 1.71. The van der Waals surface area contributed by atoms with Crippen LogP contribution in [0.3, 0.4) is 0 Å². The lowest BCUT2D eigenvalue weighted by Crippen LogP contribution is -2.40. The van der Waals surface area contributed by atoms with Gasteiger partial charge in [0, 0.05) is 23.5 Å². The highest BCUT2D eigenvalue weighted by atomic mass is 35.5. The first-order chi connectivity index (χ1) is 11.1. The first kappa shape index (κ1) is 17.3. The van der Waals surface area contributed by atoms with Crippen molar-refractivity contribution < 1.29 is 9.53 Å². The van der Waals surface area contributed by atoms with Crippen molar-refractivity contribution in [1.29, 1.82) is 0 Å². The molecule has 0 aliphatic heterocycles. The minimum atomic E-state index is -0.0583. The molecule has 124 valence electrons. The van der Waals surface area contributed by atoms with Gasteiger partial charge in [-0.2, -0.15) is 5.10 Å². The minimum absolute atomic E-state index is 0.0583. The fraction of sp³-hybridized carbons (Fsp3) is 0.375. The average molecular weight is 337 g/mol.